The summed E-state index contributed by atoms with van der Waals surface area (Å²) in [5.41, 5.74) is -1.42. The molecule has 1 aromatic carbocycles. The van der Waals surface area contributed by atoms with Crippen molar-refractivity contribution in [1.82, 2.24) is 0 Å². The van der Waals surface area contributed by atoms with Crippen molar-refractivity contribution in [2.75, 3.05) is 0 Å². The van der Waals surface area contributed by atoms with Crippen LogP contribution in [-0.4, -0.2) is 17.2 Å². The van der Waals surface area contributed by atoms with Gasteiger partial charge >= 0.3 is 20.4 Å². The lowest BCUT2D eigenvalue weighted by molar-refractivity contribution is -0.132. The van der Waals surface area contributed by atoms with Crippen LogP contribution < -0.4 is 5.30 Å². The number of benzene rings is 1. The summed E-state index contributed by atoms with van der Waals surface area (Å²) in [7, 11) is -3.14. The molecule has 0 amide bonds. The summed E-state index contributed by atoms with van der Waals surface area (Å²) in [4.78, 5) is 8.88. The lowest BCUT2D eigenvalue weighted by Gasteiger charge is -2.13. The summed E-state index contributed by atoms with van der Waals surface area (Å²) >= 11 is 0. The van der Waals surface area contributed by atoms with Crippen LogP contribution in [0.3, 0.4) is 0 Å². The molecule has 1 N–H and O–H groups in total. The van der Waals surface area contributed by atoms with Gasteiger partial charge in [0.15, 0.2) is 0 Å². The molecule has 0 aliphatic rings. The van der Waals surface area contributed by atoms with E-state index < -0.39 is 49.7 Å². The fourth-order valence-electron chi connectivity index (χ4n) is 1.59. The molecule has 2 nitrogen and oxygen atoms in total. The maximum atomic E-state index is 12.3. The largest absolute Gasteiger partial charge is 0.546 e. The highest BCUT2D eigenvalue weighted by atomic mass is 31.1. The van der Waals surface area contributed by atoms with Gasteiger partial charge in [-0.1, -0.05) is 12.1 Å². The fourth-order valence-corrected chi connectivity index (χ4v) is 2.25. The molecule has 106 valence electrons. The van der Waals surface area contributed by atoms with Gasteiger partial charge in [0.2, 0.25) is 5.30 Å². The van der Waals surface area contributed by atoms with Gasteiger partial charge < -0.3 is 0 Å². The summed E-state index contributed by atoms with van der Waals surface area (Å²) in [5.74, 6) is 0. The molecule has 0 aliphatic carbocycles. The summed E-state index contributed by atoms with van der Waals surface area (Å²) in [6, 6.07) is 2.82. The van der Waals surface area contributed by atoms with Crippen molar-refractivity contribution < 1.29 is 35.8 Å². The van der Waals surface area contributed by atoms with Gasteiger partial charge in [0.25, 0.3) is 0 Å². The van der Waals surface area contributed by atoms with E-state index >= 15 is 0 Å². The number of halogens is 6. The first-order chi connectivity index (χ1) is 8.49. The van der Waals surface area contributed by atoms with E-state index in [1.807, 2.05) is 0 Å². The van der Waals surface area contributed by atoms with Gasteiger partial charge in [0.05, 0.1) is 12.8 Å². The van der Waals surface area contributed by atoms with E-state index in [1.165, 1.54) is 0 Å². The second-order valence-electron chi connectivity index (χ2n) is 3.77. The predicted molar refractivity (Wildman–Crippen MR) is 55.4 cm³/mol. The third-order valence-corrected chi connectivity index (χ3v) is 3.05. The standard InChI is InChI=1S/C10H7F6O2P/c11-9(12,13)4-6-2-1-3-8(19(17)18)7(6)5-10(14,15)16/h1-3H,4-5H2/p+1. The molecule has 9 heteroatoms. The molecule has 0 saturated heterocycles. The highest BCUT2D eigenvalue weighted by Gasteiger charge is 2.37. The SMILES string of the molecule is O=[P+](O)c1cccc(CC(F)(F)F)c1CC(F)(F)F. The Bertz CT molecular complexity index is 480. The van der Waals surface area contributed by atoms with Crippen molar-refractivity contribution in [3.63, 3.8) is 0 Å². The Hall–Kier alpha value is -1.14. The molecule has 1 atom stereocenters. The number of hydrogen-bond acceptors (Lipinski definition) is 1. The van der Waals surface area contributed by atoms with Gasteiger partial charge in [0, 0.05) is 5.56 Å². The molecule has 0 aromatic heterocycles. The van der Waals surface area contributed by atoms with E-state index in [1.54, 1.807) is 0 Å². The third-order valence-electron chi connectivity index (χ3n) is 2.22. The minimum absolute atomic E-state index is 0.617. The first-order valence-electron chi connectivity index (χ1n) is 4.90. The van der Waals surface area contributed by atoms with Crippen LogP contribution in [0, 0.1) is 0 Å². The molecule has 0 radical (unpaired) electrons. The van der Waals surface area contributed by atoms with E-state index in [2.05, 4.69) is 0 Å². The van der Waals surface area contributed by atoms with Gasteiger partial charge in [-0.05, 0) is 16.2 Å². The van der Waals surface area contributed by atoms with Crippen LogP contribution in [0.25, 0.3) is 0 Å². The molecule has 1 unspecified atom stereocenters. The average molecular weight is 305 g/mol. The van der Waals surface area contributed by atoms with Crippen LogP contribution in [0.1, 0.15) is 11.1 Å². The lowest BCUT2D eigenvalue weighted by atomic mass is 10.0. The number of rotatable bonds is 3. The first kappa shape index (κ1) is 15.9. The van der Waals surface area contributed by atoms with Crippen LogP contribution in [0.2, 0.25) is 0 Å². The maximum Gasteiger partial charge on any atom is 0.546 e. The summed E-state index contributed by atoms with van der Waals surface area (Å²) < 4.78 is 84.8. The molecular formula is C10H8F6O2P+. The van der Waals surface area contributed by atoms with Crippen molar-refractivity contribution in [2.45, 2.75) is 25.2 Å². The molecule has 0 heterocycles. The van der Waals surface area contributed by atoms with E-state index in [4.69, 9.17) is 4.89 Å². The Morgan fingerprint density at radius 1 is 1.00 bits per heavy atom. The van der Waals surface area contributed by atoms with Crippen molar-refractivity contribution in [2.24, 2.45) is 0 Å². The highest BCUT2D eigenvalue weighted by Crippen LogP contribution is 2.30. The molecule has 0 bridgehead atoms. The zero-order valence-corrected chi connectivity index (χ0v) is 10.1. The molecule has 1 rings (SSSR count). The van der Waals surface area contributed by atoms with Crippen molar-refractivity contribution in [3.05, 3.63) is 29.3 Å². The second-order valence-corrected chi connectivity index (χ2v) is 4.80. The average Bonchev–Trinajstić information content (AvgIpc) is 2.15. The quantitative estimate of drug-likeness (QED) is 0.687. The Morgan fingerprint density at radius 2 is 1.53 bits per heavy atom. The van der Waals surface area contributed by atoms with Crippen molar-refractivity contribution >= 4 is 13.3 Å². The minimum Gasteiger partial charge on any atom is -0.171 e. The monoisotopic (exact) mass is 305 g/mol. The molecule has 19 heavy (non-hydrogen) atoms. The second kappa shape index (κ2) is 5.46. The number of alkyl halides is 6. The minimum atomic E-state index is -4.76. The Morgan fingerprint density at radius 3 is 1.95 bits per heavy atom. The molecular weight excluding hydrogens is 297 g/mol. The smallest absolute Gasteiger partial charge is 0.171 e. The maximum absolute atomic E-state index is 12.3. The van der Waals surface area contributed by atoms with Crippen LogP contribution in [0.5, 0.6) is 0 Å². The van der Waals surface area contributed by atoms with Crippen LogP contribution >= 0.6 is 8.03 Å². The Kier molecular flexibility index (Phi) is 4.58. The zero-order valence-electron chi connectivity index (χ0n) is 9.22. The van der Waals surface area contributed by atoms with Gasteiger partial charge in [-0.25, -0.2) is 0 Å². The Balaban J connectivity index is 3.30. The topological polar surface area (TPSA) is 37.3 Å². The summed E-state index contributed by atoms with van der Waals surface area (Å²) in [6.45, 7) is 0. The van der Waals surface area contributed by atoms with Gasteiger partial charge in [-0.3, -0.25) is 0 Å². The van der Waals surface area contributed by atoms with Crippen molar-refractivity contribution in [3.8, 4) is 0 Å². The van der Waals surface area contributed by atoms with E-state index in [-0.39, 0.29) is 0 Å². The summed E-state index contributed by atoms with van der Waals surface area (Å²) in [6.07, 6.45) is -12.7. The van der Waals surface area contributed by atoms with Crippen molar-refractivity contribution in [1.29, 1.82) is 0 Å². The van der Waals surface area contributed by atoms with E-state index in [0.29, 0.717) is 0 Å². The van der Waals surface area contributed by atoms with Gasteiger partial charge in [-0.15, -0.1) is 0 Å². The molecule has 0 spiro atoms. The van der Waals surface area contributed by atoms with E-state index in [0.717, 1.165) is 18.2 Å². The normalized spacial score (nSPS) is 13.5. The molecule has 1 aromatic rings. The van der Waals surface area contributed by atoms with Crippen LogP contribution in [0.4, 0.5) is 26.3 Å². The van der Waals surface area contributed by atoms with Gasteiger partial charge in [-0.2, -0.15) is 31.2 Å². The number of hydrogen-bond donors (Lipinski definition) is 1. The molecule has 0 fully saturated rings. The highest BCUT2D eigenvalue weighted by molar-refractivity contribution is 7.47. The zero-order chi connectivity index (χ0) is 14.8. The first-order valence-corrected chi connectivity index (χ1v) is 6.11. The molecule has 0 saturated carbocycles. The lowest BCUT2D eigenvalue weighted by Crippen LogP contribution is -2.22. The fraction of sp³-hybridized carbons (Fsp3) is 0.400. The Labute approximate surface area is 104 Å². The van der Waals surface area contributed by atoms with E-state index in [9.17, 15) is 30.9 Å². The van der Waals surface area contributed by atoms with Gasteiger partial charge in [0.1, 0.15) is 0 Å². The summed E-state index contributed by atoms with van der Waals surface area (Å²) in [5, 5.41) is -0.617. The predicted octanol–water partition coefficient (Wildman–Crippen LogP) is 3.26. The third kappa shape index (κ3) is 5.16. The van der Waals surface area contributed by atoms with Crippen LogP contribution in [-0.2, 0) is 17.4 Å². The molecule has 0 aliphatic heterocycles. The van der Waals surface area contributed by atoms with Crippen LogP contribution in [0.15, 0.2) is 18.2 Å².